The number of rotatable bonds is 3. The van der Waals surface area contributed by atoms with E-state index in [0.717, 1.165) is 11.1 Å². The molecule has 0 unspecified atom stereocenters. The molecule has 0 fully saturated rings. The van der Waals surface area contributed by atoms with E-state index in [4.69, 9.17) is 0 Å². The highest BCUT2D eigenvalue weighted by Crippen LogP contribution is 2.25. The molecule has 0 saturated heterocycles. The van der Waals surface area contributed by atoms with Crippen molar-refractivity contribution in [3.05, 3.63) is 58.0 Å². The van der Waals surface area contributed by atoms with E-state index in [1.807, 2.05) is 26.0 Å². The highest BCUT2D eigenvalue weighted by molar-refractivity contribution is 7.92. The van der Waals surface area contributed by atoms with E-state index in [0.29, 0.717) is 5.69 Å². The lowest BCUT2D eigenvalue weighted by atomic mass is 10.1. The van der Waals surface area contributed by atoms with Crippen LogP contribution in [0.15, 0.2) is 46.2 Å². The molecule has 1 N–H and O–H groups in total. The van der Waals surface area contributed by atoms with Gasteiger partial charge in [-0.05, 0) is 31.5 Å². The van der Waals surface area contributed by atoms with Gasteiger partial charge in [0.2, 0.25) is 5.56 Å². The average molecular weight is 292 g/mol. The van der Waals surface area contributed by atoms with Gasteiger partial charge >= 0.3 is 0 Å². The third-order valence-corrected chi connectivity index (χ3v) is 4.87. The van der Waals surface area contributed by atoms with Gasteiger partial charge in [-0.1, -0.05) is 17.7 Å². The summed E-state index contributed by atoms with van der Waals surface area (Å²) in [7, 11) is -2.18. The zero-order valence-electron chi connectivity index (χ0n) is 11.5. The first-order valence-electron chi connectivity index (χ1n) is 6.07. The maximum atomic E-state index is 12.5. The third-order valence-electron chi connectivity index (χ3n) is 3.11. The Hall–Kier alpha value is -2.08. The largest absolute Gasteiger partial charge is 0.328 e. The molecule has 0 bridgehead atoms. The molecule has 0 aliphatic rings. The Bertz CT molecular complexity index is 774. The Balaban J connectivity index is 2.48. The number of hydrogen-bond donors (Lipinski definition) is 1. The number of nitrogens with one attached hydrogen (secondary N) is 1. The minimum Gasteiger partial charge on any atom is -0.328 e. The first kappa shape index (κ1) is 14.3. The summed E-state index contributed by atoms with van der Waals surface area (Å²) in [6.45, 7) is 3.81. The van der Waals surface area contributed by atoms with Gasteiger partial charge in [0.15, 0.2) is 0 Å². The highest BCUT2D eigenvalue weighted by Gasteiger charge is 2.22. The van der Waals surface area contributed by atoms with Crippen LogP contribution in [0.4, 0.5) is 5.69 Å². The van der Waals surface area contributed by atoms with Gasteiger partial charge in [0.25, 0.3) is 10.0 Å². The van der Waals surface area contributed by atoms with Crippen LogP contribution >= 0.6 is 0 Å². The number of nitrogens with zero attached hydrogens (tertiary/aromatic N) is 1. The van der Waals surface area contributed by atoms with E-state index in [1.54, 1.807) is 6.07 Å². The Morgan fingerprint density at radius 1 is 1.10 bits per heavy atom. The van der Waals surface area contributed by atoms with Gasteiger partial charge in [-0.2, -0.15) is 0 Å². The fourth-order valence-electron chi connectivity index (χ4n) is 2.00. The molecule has 0 saturated carbocycles. The molecule has 0 atom stereocenters. The molecule has 0 aliphatic heterocycles. The standard InChI is InChI=1S/C14H16N2O3S/c1-10-4-6-13(11(2)8-10)16(3)20(18,19)12-5-7-14(17)15-9-12/h4-9H,1-3H3,(H,15,17). The predicted octanol–water partition coefficient (Wildman–Crippen LogP) is 1.82. The van der Waals surface area contributed by atoms with Crippen molar-refractivity contribution in [2.45, 2.75) is 18.7 Å². The molecule has 0 aliphatic carbocycles. The molecule has 1 aromatic heterocycles. The van der Waals surface area contributed by atoms with Crippen molar-refractivity contribution in [3.63, 3.8) is 0 Å². The minimum absolute atomic E-state index is 0.0552. The van der Waals surface area contributed by atoms with Gasteiger partial charge in [-0.15, -0.1) is 0 Å². The van der Waals surface area contributed by atoms with Crippen LogP contribution in [0.2, 0.25) is 0 Å². The van der Waals surface area contributed by atoms with E-state index in [2.05, 4.69) is 4.98 Å². The molecule has 0 amide bonds. The van der Waals surface area contributed by atoms with E-state index in [-0.39, 0.29) is 10.5 Å². The second kappa shape index (κ2) is 5.13. The molecule has 0 spiro atoms. The number of H-pyrrole nitrogens is 1. The Kier molecular flexibility index (Phi) is 3.67. The lowest BCUT2D eigenvalue weighted by Gasteiger charge is -2.21. The maximum absolute atomic E-state index is 12.5. The lowest BCUT2D eigenvalue weighted by Crippen LogP contribution is -2.27. The van der Waals surface area contributed by atoms with Crippen molar-refractivity contribution in [1.29, 1.82) is 0 Å². The molecular weight excluding hydrogens is 276 g/mol. The third kappa shape index (κ3) is 2.60. The average Bonchev–Trinajstić information content (AvgIpc) is 2.38. The summed E-state index contributed by atoms with van der Waals surface area (Å²) in [5, 5.41) is 0. The van der Waals surface area contributed by atoms with Crippen molar-refractivity contribution in [1.82, 2.24) is 4.98 Å². The van der Waals surface area contributed by atoms with Gasteiger partial charge in [0.05, 0.1) is 5.69 Å². The smallest absolute Gasteiger partial charge is 0.265 e. The van der Waals surface area contributed by atoms with E-state index in [1.165, 1.54) is 29.7 Å². The fourth-order valence-corrected chi connectivity index (χ4v) is 3.23. The van der Waals surface area contributed by atoms with Crippen molar-refractivity contribution in [3.8, 4) is 0 Å². The number of aromatic amines is 1. The molecule has 106 valence electrons. The second-order valence-electron chi connectivity index (χ2n) is 4.65. The monoisotopic (exact) mass is 292 g/mol. The first-order valence-corrected chi connectivity index (χ1v) is 7.51. The zero-order chi connectivity index (χ0) is 14.9. The number of pyridine rings is 1. The van der Waals surface area contributed by atoms with Crippen LogP contribution in [-0.4, -0.2) is 20.4 Å². The summed E-state index contributed by atoms with van der Waals surface area (Å²) < 4.78 is 26.2. The van der Waals surface area contributed by atoms with E-state index >= 15 is 0 Å². The van der Waals surface area contributed by atoms with Crippen LogP contribution in [0.5, 0.6) is 0 Å². The predicted molar refractivity (Wildman–Crippen MR) is 78.6 cm³/mol. The van der Waals surface area contributed by atoms with Crippen LogP contribution in [0.3, 0.4) is 0 Å². The summed E-state index contributed by atoms with van der Waals surface area (Å²) in [5.41, 5.74) is 2.22. The Morgan fingerprint density at radius 3 is 2.35 bits per heavy atom. The summed E-state index contributed by atoms with van der Waals surface area (Å²) in [4.78, 5) is 13.4. The number of benzene rings is 1. The highest BCUT2D eigenvalue weighted by atomic mass is 32.2. The summed E-state index contributed by atoms with van der Waals surface area (Å²) in [6, 6.07) is 8.06. The topological polar surface area (TPSA) is 70.2 Å². The van der Waals surface area contributed by atoms with Gasteiger partial charge < -0.3 is 4.98 Å². The number of aromatic nitrogens is 1. The molecule has 1 aromatic carbocycles. The number of hydrogen-bond acceptors (Lipinski definition) is 3. The zero-order valence-corrected chi connectivity index (χ0v) is 12.4. The van der Waals surface area contributed by atoms with Crippen molar-refractivity contribution >= 4 is 15.7 Å². The maximum Gasteiger partial charge on any atom is 0.265 e. The molecule has 5 nitrogen and oxygen atoms in total. The summed E-state index contributed by atoms with van der Waals surface area (Å²) >= 11 is 0. The second-order valence-corrected chi connectivity index (χ2v) is 6.62. The number of sulfonamides is 1. The first-order chi connectivity index (χ1) is 9.32. The summed E-state index contributed by atoms with van der Waals surface area (Å²) in [5.74, 6) is 0. The number of anilines is 1. The van der Waals surface area contributed by atoms with Gasteiger partial charge in [-0.25, -0.2) is 8.42 Å². The Morgan fingerprint density at radius 2 is 1.80 bits per heavy atom. The van der Waals surface area contributed by atoms with Crippen molar-refractivity contribution in [2.75, 3.05) is 11.4 Å². The molecule has 0 radical (unpaired) electrons. The molecule has 20 heavy (non-hydrogen) atoms. The van der Waals surface area contributed by atoms with Crippen LogP contribution in [0, 0.1) is 13.8 Å². The van der Waals surface area contributed by atoms with Crippen LogP contribution in [0.1, 0.15) is 11.1 Å². The fraction of sp³-hybridized carbons (Fsp3) is 0.214. The molecule has 2 rings (SSSR count). The van der Waals surface area contributed by atoms with Gasteiger partial charge in [0, 0.05) is 19.3 Å². The van der Waals surface area contributed by atoms with Crippen LogP contribution < -0.4 is 9.86 Å². The normalized spacial score (nSPS) is 11.3. The summed E-state index contributed by atoms with van der Waals surface area (Å²) in [6.07, 6.45) is 1.21. The van der Waals surface area contributed by atoms with Gasteiger partial charge in [0.1, 0.15) is 4.90 Å². The van der Waals surface area contributed by atoms with Gasteiger partial charge in [-0.3, -0.25) is 9.10 Å². The van der Waals surface area contributed by atoms with E-state index in [9.17, 15) is 13.2 Å². The molecule has 1 heterocycles. The quantitative estimate of drug-likeness (QED) is 0.938. The molecule has 2 aromatic rings. The van der Waals surface area contributed by atoms with E-state index < -0.39 is 10.0 Å². The Labute approximate surface area is 117 Å². The van der Waals surface area contributed by atoms with Crippen LogP contribution in [0.25, 0.3) is 0 Å². The SMILES string of the molecule is Cc1ccc(N(C)S(=O)(=O)c2ccc(=O)[nH]c2)c(C)c1. The number of aryl methyl sites for hydroxylation is 2. The molecule has 6 heteroatoms. The van der Waals surface area contributed by atoms with Crippen LogP contribution in [-0.2, 0) is 10.0 Å². The minimum atomic E-state index is -3.68. The molecular formula is C14H16N2O3S. The lowest BCUT2D eigenvalue weighted by molar-refractivity contribution is 0.594. The van der Waals surface area contributed by atoms with Crippen molar-refractivity contribution < 1.29 is 8.42 Å². The van der Waals surface area contributed by atoms with Crippen molar-refractivity contribution in [2.24, 2.45) is 0 Å².